The number of methoxy groups -OCH3 is 1. The molecule has 1 saturated heterocycles. The number of carbonyl (C=O) groups excluding carboxylic acids is 1. The van der Waals surface area contributed by atoms with E-state index in [1.807, 2.05) is 36.2 Å². The molecule has 0 bridgehead atoms. The highest BCUT2D eigenvalue weighted by molar-refractivity contribution is 6.31. The molecule has 2 heterocycles. The van der Waals surface area contributed by atoms with E-state index in [9.17, 15) is 9.18 Å². The molecule has 3 aromatic rings. The lowest BCUT2D eigenvalue weighted by molar-refractivity contribution is 0.0714. The van der Waals surface area contributed by atoms with Crippen LogP contribution in [0.3, 0.4) is 0 Å². The summed E-state index contributed by atoms with van der Waals surface area (Å²) in [7, 11) is 1.66. The first kappa shape index (κ1) is 22.8. The first-order chi connectivity index (χ1) is 15.4. The summed E-state index contributed by atoms with van der Waals surface area (Å²) >= 11 is 6.32. The number of hydrogen-bond acceptors (Lipinski definition) is 3. The summed E-state index contributed by atoms with van der Waals surface area (Å²) in [5.41, 5.74) is 10.0. The standard InChI is InChI=1S/C25H29ClFN3O2/c1-16-11-19(26)13-21-22(15-30(24(16)21)9-10-32-2)25(31)29-7-5-18(6-8-29)20-12-17(14-28)3-4-23(20)27/h3-4,11-13,15,18H,5-10,14,28H2,1-2H3. The summed E-state index contributed by atoms with van der Waals surface area (Å²) in [4.78, 5) is 15.3. The van der Waals surface area contributed by atoms with E-state index >= 15 is 0 Å². The first-order valence-electron chi connectivity index (χ1n) is 11.0. The highest BCUT2D eigenvalue weighted by atomic mass is 35.5. The molecule has 0 aliphatic carbocycles. The molecule has 170 valence electrons. The molecule has 1 amide bonds. The first-order valence-corrected chi connectivity index (χ1v) is 11.4. The number of rotatable bonds is 6. The number of amides is 1. The van der Waals surface area contributed by atoms with Gasteiger partial charge in [0.15, 0.2) is 0 Å². The molecule has 1 aromatic heterocycles. The molecule has 0 unspecified atom stereocenters. The molecule has 4 rings (SSSR count). The second-order valence-electron chi connectivity index (χ2n) is 8.47. The van der Waals surface area contributed by atoms with E-state index in [2.05, 4.69) is 4.57 Å². The average Bonchev–Trinajstić information content (AvgIpc) is 3.16. The van der Waals surface area contributed by atoms with Gasteiger partial charge in [0.05, 0.1) is 17.7 Å². The number of benzene rings is 2. The van der Waals surface area contributed by atoms with Crippen LogP contribution in [0.25, 0.3) is 10.9 Å². The van der Waals surface area contributed by atoms with E-state index in [4.69, 9.17) is 22.1 Å². The number of ether oxygens (including phenoxy) is 1. The monoisotopic (exact) mass is 457 g/mol. The molecular formula is C25H29ClFN3O2. The van der Waals surface area contributed by atoms with Gasteiger partial charge in [-0.05, 0) is 60.6 Å². The Morgan fingerprint density at radius 1 is 1.25 bits per heavy atom. The topological polar surface area (TPSA) is 60.5 Å². The normalized spacial score (nSPS) is 15.0. The second-order valence-corrected chi connectivity index (χ2v) is 8.91. The van der Waals surface area contributed by atoms with Crippen molar-refractivity contribution in [2.45, 2.75) is 38.8 Å². The summed E-state index contributed by atoms with van der Waals surface area (Å²) in [5, 5.41) is 1.47. The maximum atomic E-state index is 14.4. The highest BCUT2D eigenvalue weighted by Gasteiger charge is 2.28. The van der Waals surface area contributed by atoms with E-state index in [0.29, 0.717) is 48.9 Å². The van der Waals surface area contributed by atoms with Crippen molar-refractivity contribution in [3.8, 4) is 0 Å². The van der Waals surface area contributed by atoms with E-state index in [-0.39, 0.29) is 17.6 Å². The van der Waals surface area contributed by atoms with Crippen LogP contribution in [0.2, 0.25) is 5.02 Å². The van der Waals surface area contributed by atoms with Gasteiger partial charge in [0.1, 0.15) is 5.82 Å². The second kappa shape index (κ2) is 9.61. The number of halogens is 2. The van der Waals surface area contributed by atoms with Crippen molar-refractivity contribution >= 4 is 28.4 Å². The van der Waals surface area contributed by atoms with Gasteiger partial charge in [0.25, 0.3) is 5.91 Å². The molecule has 1 fully saturated rings. The van der Waals surface area contributed by atoms with E-state index in [1.165, 1.54) is 6.07 Å². The van der Waals surface area contributed by atoms with Gasteiger partial charge in [-0.2, -0.15) is 0 Å². The smallest absolute Gasteiger partial charge is 0.256 e. The van der Waals surface area contributed by atoms with Gasteiger partial charge < -0.3 is 19.9 Å². The fraction of sp³-hybridized carbons (Fsp3) is 0.400. The summed E-state index contributed by atoms with van der Waals surface area (Å²) < 4.78 is 21.7. The lowest BCUT2D eigenvalue weighted by atomic mass is 9.88. The molecule has 5 nitrogen and oxygen atoms in total. The van der Waals surface area contributed by atoms with Gasteiger partial charge in [-0.1, -0.05) is 23.7 Å². The van der Waals surface area contributed by atoms with Crippen molar-refractivity contribution in [1.29, 1.82) is 0 Å². The minimum absolute atomic E-state index is 0.0116. The number of carbonyl (C=O) groups is 1. The third-order valence-electron chi connectivity index (χ3n) is 6.41. The van der Waals surface area contributed by atoms with E-state index < -0.39 is 0 Å². The lowest BCUT2D eigenvalue weighted by Crippen LogP contribution is -2.38. The molecule has 0 saturated carbocycles. The molecule has 2 N–H and O–H groups in total. The zero-order chi connectivity index (χ0) is 22.8. The van der Waals surface area contributed by atoms with Crippen LogP contribution in [-0.2, 0) is 17.8 Å². The van der Waals surface area contributed by atoms with Crippen LogP contribution in [0.1, 0.15) is 45.8 Å². The number of aromatic nitrogens is 1. The largest absolute Gasteiger partial charge is 0.383 e. The maximum absolute atomic E-state index is 14.4. The molecular weight excluding hydrogens is 429 g/mol. The Bertz CT molecular complexity index is 1140. The van der Waals surface area contributed by atoms with Gasteiger partial charge in [0.2, 0.25) is 0 Å². The molecule has 1 aliphatic heterocycles. The Kier molecular flexibility index (Phi) is 6.84. The van der Waals surface area contributed by atoms with Crippen LogP contribution in [0.4, 0.5) is 4.39 Å². The van der Waals surface area contributed by atoms with Crippen molar-refractivity contribution < 1.29 is 13.9 Å². The minimum Gasteiger partial charge on any atom is -0.383 e. The van der Waals surface area contributed by atoms with E-state index in [1.54, 1.807) is 13.2 Å². The number of nitrogens with zero attached hydrogens (tertiary/aromatic N) is 2. The van der Waals surface area contributed by atoms with Crippen molar-refractivity contribution in [3.05, 3.63) is 69.6 Å². The van der Waals surface area contributed by atoms with Gasteiger partial charge in [-0.15, -0.1) is 0 Å². The molecule has 0 atom stereocenters. The predicted molar refractivity (Wildman–Crippen MR) is 126 cm³/mol. The number of piperidine rings is 1. The summed E-state index contributed by atoms with van der Waals surface area (Å²) in [6.45, 7) is 4.76. The van der Waals surface area contributed by atoms with Crippen LogP contribution in [0.5, 0.6) is 0 Å². The highest BCUT2D eigenvalue weighted by Crippen LogP contribution is 2.33. The van der Waals surface area contributed by atoms with Crippen molar-refractivity contribution in [2.75, 3.05) is 26.8 Å². The summed E-state index contributed by atoms with van der Waals surface area (Å²) in [6, 6.07) is 8.86. The number of nitrogens with two attached hydrogens (primary N) is 1. The van der Waals surface area contributed by atoms with Gasteiger partial charge >= 0.3 is 0 Å². The number of hydrogen-bond donors (Lipinski definition) is 1. The quantitative estimate of drug-likeness (QED) is 0.574. The zero-order valence-corrected chi connectivity index (χ0v) is 19.3. The SMILES string of the molecule is COCCn1cc(C(=O)N2CCC(c3cc(CN)ccc3F)CC2)c2cc(Cl)cc(C)c21. The maximum Gasteiger partial charge on any atom is 0.256 e. The third kappa shape index (κ3) is 4.40. The van der Waals surface area contributed by atoms with Crippen LogP contribution in [0, 0.1) is 12.7 Å². The van der Waals surface area contributed by atoms with Gasteiger partial charge in [-0.25, -0.2) is 4.39 Å². The zero-order valence-electron chi connectivity index (χ0n) is 18.5. The number of aryl methyl sites for hydroxylation is 1. The van der Waals surface area contributed by atoms with Crippen LogP contribution < -0.4 is 5.73 Å². The number of likely N-dealkylation sites (tertiary alicyclic amines) is 1. The molecule has 0 radical (unpaired) electrons. The number of fused-ring (bicyclic) bond motifs is 1. The van der Waals surface area contributed by atoms with Crippen molar-refractivity contribution in [1.82, 2.24) is 9.47 Å². The molecule has 0 spiro atoms. The Morgan fingerprint density at radius 2 is 2.00 bits per heavy atom. The Balaban J connectivity index is 1.57. The lowest BCUT2D eigenvalue weighted by Gasteiger charge is -2.32. The predicted octanol–water partition coefficient (Wildman–Crippen LogP) is 4.87. The molecule has 7 heteroatoms. The van der Waals surface area contributed by atoms with E-state index in [0.717, 1.165) is 34.9 Å². The fourth-order valence-electron chi connectivity index (χ4n) is 4.75. The summed E-state index contributed by atoms with van der Waals surface area (Å²) in [5.74, 6) is -0.119. The Labute approximate surface area is 192 Å². The van der Waals surface area contributed by atoms with Crippen molar-refractivity contribution in [2.24, 2.45) is 5.73 Å². The van der Waals surface area contributed by atoms with Crippen LogP contribution >= 0.6 is 11.6 Å². The van der Waals surface area contributed by atoms with Crippen molar-refractivity contribution in [3.63, 3.8) is 0 Å². The molecule has 32 heavy (non-hydrogen) atoms. The van der Waals surface area contributed by atoms with Gasteiger partial charge in [-0.3, -0.25) is 4.79 Å². The summed E-state index contributed by atoms with van der Waals surface area (Å²) in [6.07, 6.45) is 3.35. The van der Waals surface area contributed by atoms with Crippen LogP contribution in [0.15, 0.2) is 36.5 Å². The van der Waals surface area contributed by atoms with Gasteiger partial charge in [0, 0.05) is 49.9 Å². The average molecular weight is 458 g/mol. The van der Waals surface area contributed by atoms with Crippen LogP contribution in [-0.4, -0.2) is 42.2 Å². The minimum atomic E-state index is -0.196. The Hall–Kier alpha value is -2.41. The Morgan fingerprint density at radius 3 is 2.69 bits per heavy atom. The molecule has 1 aliphatic rings. The third-order valence-corrected chi connectivity index (χ3v) is 6.63. The molecule has 2 aromatic carbocycles. The fourth-order valence-corrected chi connectivity index (χ4v) is 5.02.